The Hall–Kier alpha value is -2.43. The molecule has 0 saturated carbocycles. The van der Waals surface area contributed by atoms with Gasteiger partial charge in [-0.2, -0.15) is 12.7 Å². The topological polar surface area (TPSA) is 96.0 Å². The van der Waals surface area contributed by atoms with E-state index in [0.29, 0.717) is 16.3 Å². The molecule has 0 bridgehead atoms. The Morgan fingerprint density at radius 2 is 1.87 bits per heavy atom. The summed E-state index contributed by atoms with van der Waals surface area (Å²) in [4.78, 5) is 26.4. The Bertz CT molecular complexity index is 1030. The van der Waals surface area contributed by atoms with E-state index in [0.717, 1.165) is 38.3 Å². The number of thiophene rings is 1. The van der Waals surface area contributed by atoms with Gasteiger partial charge in [-0.3, -0.25) is 4.79 Å². The van der Waals surface area contributed by atoms with Crippen LogP contribution in [0.25, 0.3) is 0 Å². The molecular weight excluding hydrogens is 426 g/mol. The minimum atomic E-state index is -3.89. The summed E-state index contributed by atoms with van der Waals surface area (Å²) in [5.74, 6) is -0.997. The van der Waals surface area contributed by atoms with Gasteiger partial charge in [0.25, 0.3) is 0 Å². The van der Waals surface area contributed by atoms with Crippen LogP contribution in [0.4, 0.5) is 10.7 Å². The molecule has 30 heavy (non-hydrogen) atoms. The zero-order chi connectivity index (χ0) is 21.9. The lowest BCUT2D eigenvalue weighted by molar-refractivity contribution is -0.114. The number of carbonyl (C=O) groups excluding carboxylic acids is 2. The Labute approximate surface area is 180 Å². The summed E-state index contributed by atoms with van der Waals surface area (Å²) in [6.45, 7) is 1.54. The monoisotopic (exact) mass is 451 g/mol. The lowest BCUT2D eigenvalue weighted by Gasteiger charge is -2.26. The van der Waals surface area contributed by atoms with Crippen LogP contribution >= 0.6 is 11.3 Å². The normalized spacial score (nSPS) is 13.2. The second-order valence-electron chi connectivity index (χ2n) is 6.96. The Morgan fingerprint density at radius 1 is 1.17 bits per heavy atom. The van der Waals surface area contributed by atoms with Crippen molar-refractivity contribution in [3.8, 4) is 0 Å². The largest absolute Gasteiger partial charge is 0.462 e. The molecule has 3 rings (SSSR count). The van der Waals surface area contributed by atoms with Gasteiger partial charge in [0.15, 0.2) is 0 Å². The summed E-state index contributed by atoms with van der Waals surface area (Å²) >= 11 is 1.36. The molecule has 2 aromatic rings. The second kappa shape index (κ2) is 9.15. The van der Waals surface area contributed by atoms with Gasteiger partial charge in [0.2, 0.25) is 5.91 Å². The molecule has 0 spiro atoms. The molecular formula is C20H25N3O5S2. The number of hydrogen-bond acceptors (Lipinski definition) is 6. The lowest BCUT2D eigenvalue weighted by Crippen LogP contribution is -2.44. The highest BCUT2D eigenvalue weighted by atomic mass is 32.2. The molecule has 1 aromatic carbocycles. The number of hydrogen-bond donors (Lipinski definition) is 1. The fraction of sp³-hybridized carbons (Fsp3) is 0.400. The first kappa shape index (κ1) is 22.3. The van der Waals surface area contributed by atoms with Crippen molar-refractivity contribution in [3.05, 3.63) is 46.3 Å². The zero-order valence-corrected chi connectivity index (χ0v) is 18.8. The number of para-hydroxylation sites is 1. The van der Waals surface area contributed by atoms with Gasteiger partial charge in [-0.25, -0.2) is 9.10 Å². The lowest BCUT2D eigenvalue weighted by atomic mass is 10.1. The van der Waals surface area contributed by atoms with Crippen LogP contribution in [-0.2, 0) is 32.6 Å². The maximum atomic E-state index is 12.8. The highest BCUT2D eigenvalue weighted by Crippen LogP contribution is 2.39. The smallest absolute Gasteiger partial charge is 0.341 e. The number of carbonyl (C=O) groups is 2. The number of esters is 1. The summed E-state index contributed by atoms with van der Waals surface area (Å²) in [5.41, 5.74) is 1.69. The van der Waals surface area contributed by atoms with Gasteiger partial charge in [0.1, 0.15) is 11.5 Å². The van der Waals surface area contributed by atoms with E-state index in [1.807, 2.05) is 0 Å². The minimum absolute atomic E-state index is 0.236. The van der Waals surface area contributed by atoms with E-state index in [-0.39, 0.29) is 6.61 Å². The molecule has 1 amide bonds. The van der Waals surface area contributed by atoms with Crippen LogP contribution in [0.1, 0.15) is 34.1 Å². The third kappa shape index (κ3) is 4.50. The molecule has 0 radical (unpaired) electrons. The van der Waals surface area contributed by atoms with Crippen LogP contribution in [-0.4, -0.2) is 51.8 Å². The number of nitrogens with zero attached hydrogens (tertiary/aromatic N) is 2. The number of fused-ring (bicyclic) bond motifs is 1. The molecule has 1 heterocycles. The predicted molar refractivity (Wildman–Crippen MR) is 117 cm³/mol. The van der Waals surface area contributed by atoms with Crippen LogP contribution in [0.15, 0.2) is 30.3 Å². The van der Waals surface area contributed by atoms with E-state index < -0.39 is 28.6 Å². The number of rotatable bonds is 8. The molecule has 0 aliphatic heterocycles. The molecule has 1 aromatic heterocycles. The fourth-order valence-corrected chi connectivity index (χ4v) is 5.66. The van der Waals surface area contributed by atoms with Crippen molar-refractivity contribution in [2.75, 3.05) is 36.9 Å². The Kier molecular flexibility index (Phi) is 6.79. The summed E-state index contributed by atoms with van der Waals surface area (Å²) in [7, 11) is -1.08. The summed E-state index contributed by atoms with van der Waals surface area (Å²) in [6.07, 6.45) is 2.58. The van der Waals surface area contributed by atoms with Crippen LogP contribution < -0.4 is 9.62 Å². The van der Waals surface area contributed by atoms with E-state index in [2.05, 4.69) is 5.32 Å². The minimum Gasteiger partial charge on any atom is -0.462 e. The first-order chi connectivity index (χ1) is 14.3. The number of anilines is 2. The van der Waals surface area contributed by atoms with Gasteiger partial charge in [-0.1, -0.05) is 18.2 Å². The van der Waals surface area contributed by atoms with Gasteiger partial charge in [0.05, 0.1) is 17.9 Å². The molecule has 1 N–H and O–H groups in total. The van der Waals surface area contributed by atoms with Gasteiger partial charge in [0, 0.05) is 19.0 Å². The number of amides is 1. The summed E-state index contributed by atoms with van der Waals surface area (Å²) < 4.78 is 32.8. The average Bonchev–Trinajstić information content (AvgIpc) is 3.27. The molecule has 1 aliphatic rings. The van der Waals surface area contributed by atoms with Gasteiger partial charge in [-0.05, 0) is 43.9 Å². The van der Waals surface area contributed by atoms with E-state index >= 15 is 0 Å². The SMILES string of the molecule is CCOC(=O)c1c(NC(=O)CN(c2ccccc2)S(=O)(=O)N(C)C)sc2c1CCC2. The summed E-state index contributed by atoms with van der Waals surface area (Å²) in [5, 5.41) is 3.16. The summed E-state index contributed by atoms with van der Waals surface area (Å²) in [6, 6.07) is 8.42. The molecule has 0 saturated heterocycles. The molecule has 8 nitrogen and oxygen atoms in total. The molecule has 10 heteroatoms. The van der Waals surface area contributed by atoms with Gasteiger partial charge in [-0.15, -0.1) is 11.3 Å². The van der Waals surface area contributed by atoms with E-state index in [4.69, 9.17) is 4.74 Å². The van der Waals surface area contributed by atoms with Crippen LogP contribution in [0.3, 0.4) is 0 Å². The average molecular weight is 452 g/mol. The quantitative estimate of drug-likeness (QED) is 0.623. The van der Waals surface area contributed by atoms with Crippen molar-refractivity contribution < 1.29 is 22.7 Å². The Morgan fingerprint density at radius 3 is 2.50 bits per heavy atom. The fourth-order valence-electron chi connectivity index (χ4n) is 3.31. The van der Waals surface area contributed by atoms with Crippen LogP contribution in [0.5, 0.6) is 0 Å². The van der Waals surface area contributed by atoms with Crippen molar-refractivity contribution in [2.45, 2.75) is 26.2 Å². The van der Waals surface area contributed by atoms with E-state index in [1.165, 1.54) is 25.4 Å². The maximum Gasteiger partial charge on any atom is 0.341 e. The van der Waals surface area contributed by atoms with Crippen molar-refractivity contribution in [3.63, 3.8) is 0 Å². The second-order valence-corrected chi connectivity index (χ2v) is 10.1. The van der Waals surface area contributed by atoms with Crippen LogP contribution in [0, 0.1) is 0 Å². The first-order valence-corrected chi connectivity index (χ1v) is 11.8. The third-order valence-electron chi connectivity index (χ3n) is 4.73. The highest BCUT2D eigenvalue weighted by molar-refractivity contribution is 7.90. The van der Waals surface area contributed by atoms with E-state index in [9.17, 15) is 18.0 Å². The molecule has 162 valence electrons. The van der Waals surface area contributed by atoms with Crippen molar-refractivity contribution >= 4 is 44.1 Å². The highest BCUT2D eigenvalue weighted by Gasteiger charge is 2.31. The zero-order valence-electron chi connectivity index (χ0n) is 17.2. The maximum absolute atomic E-state index is 12.8. The first-order valence-electron chi connectivity index (χ1n) is 9.62. The predicted octanol–water partition coefficient (Wildman–Crippen LogP) is 2.67. The van der Waals surface area contributed by atoms with Crippen molar-refractivity contribution in [2.24, 2.45) is 0 Å². The van der Waals surface area contributed by atoms with Gasteiger partial charge >= 0.3 is 16.2 Å². The van der Waals surface area contributed by atoms with E-state index in [1.54, 1.807) is 37.3 Å². The number of benzene rings is 1. The number of nitrogens with one attached hydrogen (secondary N) is 1. The third-order valence-corrected chi connectivity index (χ3v) is 7.75. The molecule has 0 atom stereocenters. The molecule has 0 fully saturated rings. The molecule has 1 aliphatic carbocycles. The van der Waals surface area contributed by atoms with Crippen molar-refractivity contribution in [1.29, 1.82) is 0 Å². The molecule has 0 unspecified atom stereocenters. The number of ether oxygens (including phenoxy) is 1. The van der Waals surface area contributed by atoms with Crippen molar-refractivity contribution in [1.82, 2.24) is 4.31 Å². The van der Waals surface area contributed by atoms with Crippen LogP contribution in [0.2, 0.25) is 0 Å². The van der Waals surface area contributed by atoms with Gasteiger partial charge < -0.3 is 10.1 Å². The Balaban J connectivity index is 1.87. The number of aryl methyl sites for hydroxylation is 1. The standard InChI is InChI=1S/C20H25N3O5S2/c1-4-28-20(25)18-15-11-8-12-16(15)29-19(18)21-17(24)13-23(30(26,27)22(2)3)14-9-6-5-7-10-14/h5-7,9-10H,4,8,11-13H2,1-3H3,(H,21,24).